The van der Waals surface area contributed by atoms with Crippen molar-refractivity contribution in [3.63, 3.8) is 0 Å². The molecule has 2 saturated carbocycles. The maximum atomic E-state index is 12.6. The number of hydrogen-bond donors (Lipinski definition) is 2. The van der Waals surface area contributed by atoms with E-state index in [-0.39, 0.29) is 29.0 Å². The highest BCUT2D eigenvalue weighted by atomic mass is 32.2. The van der Waals surface area contributed by atoms with Crippen LogP contribution in [0.2, 0.25) is 0 Å². The van der Waals surface area contributed by atoms with Crippen LogP contribution in [0, 0.1) is 5.92 Å². The van der Waals surface area contributed by atoms with E-state index >= 15 is 0 Å². The van der Waals surface area contributed by atoms with Crippen LogP contribution in [0.5, 0.6) is 5.88 Å². The Kier molecular flexibility index (Phi) is 5.83. The number of amides is 1. The number of carbonyl (C=O) groups excluding carboxylic acids is 1. The molecule has 0 unspecified atom stereocenters. The molecule has 0 radical (unpaired) electrons. The van der Waals surface area contributed by atoms with Crippen molar-refractivity contribution in [3.05, 3.63) is 42.1 Å². The van der Waals surface area contributed by atoms with Gasteiger partial charge in [-0.2, -0.15) is 0 Å². The van der Waals surface area contributed by atoms with Gasteiger partial charge in [0.1, 0.15) is 0 Å². The van der Waals surface area contributed by atoms with Gasteiger partial charge in [-0.3, -0.25) is 19.5 Å². The number of nitrogens with one attached hydrogen (secondary N) is 2. The third-order valence-electron chi connectivity index (χ3n) is 5.77. The van der Waals surface area contributed by atoms with E-state index in [2.05, 4.69) is 31.9 Å². The van der Waals surface area contributed by atoms with Crippen molar-refractivity contribution in [3.8, 4) is 5.88 Å². The molecule has 2 fully saturated rings. The van der Waals surface area contributed by atoms with Gasteiger partial charge in [0.05, 0.1) is 41.7 Å². The second-order valence-corrected chi connectivity index (χ2v) is 10.4. The van der Waals surface area contributed by atoms with Gasteiger partial charge in [-0.05, 0) is 44.7 Å². The molecule has 2 heterocycles. The van der Waals surface area contributed by atoms with Crippen molar-refractivity contribution < 1.29 is 17.9 Å². The number of carbonyl (C=O) groups is 1. The van der Waals surface area contributed by atoms with E-state index in [0.717, 1.165) is 5.69 Å². The minimum atomic E-state index is -3.33. The number of nitrogens with zero attached hydrogens (tertiary/aromatic N) is 3. The monoisotopic (exact) mass is 445 g/mol. The molecule has 2 N–H and O–H groups in total. The van der Waals surface area contributed by atoms with E-state index in [4.69, 9.17) is 4.74 Å². The average molecular weight is 446 g/mol. The lowest BCUT2D eigenvalue weighted by atomic mass is 9.61. The molecule has 2 aliphatic carbocycles. The first kappa shape index (κ1) is 21.5. The molecule has 166 valence electrons. The van der Waals surface area contributed by atoms with Crippen molar-refractivity contribution in [2.75, 3.05) is 11.3 Å². The van der Waals surface area contributed by atoms with Crippen molar-refractivity contribution in [2.45, 2.75) is 56.7 Å². The van der Waals surface area contributed by atoms with Gasteiger partial charge >= 0.3 is 0 Å². The first-order chi connectivity index (χ1) is 14.8. The Balaban J connectivity index is 1.30. The van der Waals surface area contributed by atoms with Crippen LogP contribution in [0.3, 0.4) is 0 Å². The Bertz CT molecular complexity index is 1060. The number of ether oxygens (including phenoxy) is 1. The highest BCUT2D eigenvalue weighted by molar-refractivity contribution is 7.93. The summed E-state index contributed by atoms with van der Waals surface area (Å²) in [5.74, 6) is 0.341. The second kappa shape index (κ2) is 8.41. The smallest absolute Gasteiger partial charge is 0.235 e. The molecule has 0 bridgehead atoms. The molecule has 31 heavy (non-hydrogen) atoms. The van der Waals surface area contributed by atoms with Gasteiger partial charge in [0.25, 0.3) is 0 Å². The normalized spacial score (nSPS) is 23.0. The molecule has 10 heteroatoms. The Hall–Kier alpha value is -2.75. The molecule has 2 aromatic heterocycles. The number of hydrogen-bond acceptors (Lipinski definition) is 7. The summed E-state index contributed by atoms with van der Waals surface area (Å²) < 4.78 is 32.2. The highest BCUT2D eigenvalue weighted by Crippen LogP contribution is 2.47. The predicted molar refractivity (Wildman–Crippen MR) is 115 cm³/mol. The lowest BCUT2D eigenvalue weighted by molar-refractivity contribution is -0.129. The Morgan fingerprint density at radius 1 is 1.29 bits per heavy atom. The minimum Gasteiger partial charge on any atom is -0.477 e. The van der Waals surface area contributed by atoms with E-state index in [1.165, 1.54) is 6.20 Å². The van der Waals surface area contributed by atoms with Crippen molar-refractivity contribution >= 4 is 21.6 Å². The zero-order valence-electron chi connectivity index (χ0n) is 17.7. The lowest BCUT2D eigenvalue weighted by Crippen LogP contribution is -2.46. The summed E-state index contributed by atoms with van der Waals surface area (Å²) in [6.45, 7) is 4.74. The fourth-order valence-corrected chi connectivity index (χ4v) is 5.24. The van der Waals surface area contributed by atoms with Gasteiger partial charge in [0.15, 0.2) is 0 Å². The molecule has 4 rings (SSSR count). The van der Waals surface area contributed by atoms with Crippen LogP contribution in [0.4, 0.5) is 5.69 Å². The fourth-order valence-electron chi connectivity index (χ4n) is 3.87. The van der Waals surface area contributed by atoms with Gasteiger partial charge in [-0.15, -0.1) is 0 Å². The van der Waals surface area contributed by atoms with E-state index in [1.807, 2.05) is 6.92 Å². The largest absolute Gasteiger partial charge is 0.477 e. The van der Waals surface area contributed by atoms with Crippen LogP contribution in [-0.4, -0.2) is 41.1 Å². The first-order valence-electron chi connectivity index (χ1n) is 10.5. The summed E-state index contributed by atoms with van der Waals surface area (Å²) in [5, 5.41) is 2.61. The molecule has 0 saturated heterocycles. The first-order valence-corrected chi connectivity index (χ1v) is 12.0. The van der Waals surface area contributed by atoms with Crippen LogP contribution in [0.15, 0.2) is 30.7 Å². The van der Waals surface area contributed by atoms with Gasteiger partial charge in [0, 0.05) is 23.7 Å². The number of rotatable bonds is 9. The second-order valence-electron chi connectivity index (χ2n) is 8.44. The zero-order chi connectivity index (χ0) is 22.1. The molecule has 9 nitrogen and oxygen atoms in total. The third kappa shape index (κ3) is 4.95. The quantitative estimate of drug-likeness (QED) is 0.606. The molecular formula is C21H27N5O4S. The zero-order valence-corrected chi connectivity index (χ0v) is 18.5. The topological polar surface area (TPSA) is 123 Å². The van der Waals surface area contributed by atoms with Crippen LogP contribution >= 0.6 is 0 Å². The molecule has 0 atom stereocenters. The van der Waals surface area contributed by atoms with E-state index in [9.17, 15) is 13.2 Å². The van der Waals surface area contributed by atoms with Crippen LogP contribution in [-0.2, 0) is 26.8 Å². The summed E-state index contributed by atoms with van der Waals surface area (Å²) in [6.07, 6.45) is 7.61. The summed E-state index contributed by atoms with van der Waals surface area (Å²) in [6, 6.07) is 3.26. The maximum absolute atomic E-state index is 12.6. The molecular weight excluding hydrogens is 418 g/mol. The molecule has 2 aromatic rings. The molecule has 2 aliphatic rings. The molecule has 0 aliphatic heterocycles. The Morgan fingerprint density at radius 3 is 2.77 bits per heavy atom. The van der Waals surface area contributed by atoms with Gasteiger partial charge in [-0.1, -0.05) is 6.92 Å². The summed E-state index contributed by atoms with van der Waals surface area (Å²) in [5.41, 5.74) is 1.69. The third-order valence-corrected chi connectivity index (χ3v) is 7.64. The average Bonchev–Trinajstić information content (AvgIpc) is 3.56. The van der Waals surface area contributed by atoms with Crippen LogP contribution < -0.4 is 14.8 Å². The summed E-state index contributed by atoms with van der Waals surface area (Å²) >= 11 is 0. The molecule has 0 spiro atoms. The highest BCUT2D eigenvalue weighted by Gasteiger charge is 2.46. The minimum absolute atomic E-state index is 0.0443. The predicted octanol–water partition coefficient (Wildman–Crippen LogP) is 2.16. The number of pyridine rings is 1. The Labute approximate surface area is 182 Å². The van der Waals surface area contributed by atoms with Crippen molar-refractivity contribution in [1.29, 1.82) is 0 Å². The van der Waals surface area contributed by atoms with Gasteiger partial charge < -0.3 is 10.1 Å². The summed E-state index contributed by atoms with van der Waals surface area (Å²) in [4.78, 5) is 25.5. The standard InChI is InChI=1S/C21H27N5O4S/c1-3-30-19-13-22-12-18(25-19)21(2)9-14(10-21)20(27)24-11-16-8-15(6-7-23-16)26-31(28,29)17-4-5-17/h6-8,12-14,17H,3-5,9-11H2,1-2H3,(H,23,26)(H,24,27). The summed E-state index contributed by atoms with van der Waals surface area (Å²) in [7, 11) is -3.33. The maximum Gasteiger partial charge on any atom is 0.235 e. The van der Waals surface area contributed by atoms with Gasteiger partial charge in [0.2, 0.25) is 21.8 Å². The number of aromatic nitrogens is 3. The van der Waals surface area contributed by atoms with Crippen LogP contribution in [0.25, 0.3) is 0 Å². The van der Waals surface area contributed by atoms with E-state index in [1.54, 1.807) is 24.5 Å². The van der Waals surface area contributed by atoms with Crippen LogP contribution in [0.1, 0.15) is 50.9 Å². The van der Waals surface area contributed by atoms with Gasteiger partial charge in [-0.25, -0.2) is 13.4 Å². The lowest BCUT2D eigenvalue weighted by Gasteiger charge is -2.43. The van der Waals surface area contributed by atoms with E-state index < -0.39 is 10.0 Å². The molecule has 1 amide bonds. The van der Waals surface area contributed by atoms with Crippen molar-refractivity contribution in [2.24, 2.45) is 5.92 Å². The SMILES string of the molecule is CCOc1cncc(C2(C)CC(C(=O)NCc3cc(NS(=O)(=O)C4CC4)ccn3)C2)n1. The van der Waals surface area contributed by atoms with Crippen molar-refractivity contribution in [1.82, 2.24) is 20.3 Å². The van der Waals surface area contributed by atoms with E-state index in [0.29, 0.717) is 49.6 Å². The number of anilines is 1. The number of sulfonamides is 1. The Morgan fingerprint density at radius 2 is 2.06 bits per heavy atom. The molecule has 0 aromatic carbocycles. The fraction of sp³-hybridized carbons (Fsp3) is 0.524.